The number of nitrogens with zero attached hydrogens (tertiary/aromatic N) is 3. The van der Waals surface area contributed by atoms with Crippen molar-refractivity contribution >= 4 is 17.8 Å². The van der Waals surface area contributed by atoms with Crippen LogP contribution in [0.3, 0.4) is 0 Å². The molecule has 0 radical (unpaired) electrons. The molecule has 0 spiro atoms. The molecule has 1 aromatic rings. The van der Waals surface area contributed by atoms with Gasteiger partial charge in [0.2, 0.25) is 5.95 Å². The zero-order valence-electron chi connectivity index (χ0n) is 9.22. The Bertz CT molecular complexity index is 402. The third-order valence-corrected chi connectivity index (χ3v) is 2.39. The van der Waals surface area contributed by atoms with E-state index in [1.807, 2.05) is 0 Å². The SMILES string of the molecule is O=C(Nc1ncccn1)C(=O)N1CCNCC1. The molecule has 0 bridgehead atoms. The maximum atomic E-state index is 11.7. The summed E-state index contributed by atoms with van der Waals surface area (Å²) in [6, 6.07) is 1.63. The summed E-state index contributed by atoms with van der Waals surface area (Å²) in [7, 11) is 0. The Balaban J connectivity index is 1.93. The quantitative estimate of drug-likeness (QED) is 0.600. The van der Waals surface area contributed by atoms with Crippen LogP contribution < -0.4 is 10.6 Å². The Hall–Kier alpha value is -2.02. The van der Waals surface area contributed by atoms with Crippen LogP contribution in [0.25, 0.3) is 0 Å². The van der Waals surface area contributed by atoms with E-state index in [1.54, 1.807) is 6.07 Å². The first-order valence-electron chi connectivity index (χ1n) is 5.35. The van der Waals surface area contributed by atoms with E-state index in [2.05, 4.69) is 20.6 Å². The molecule has 0 unspecified atom stereocenters. The highest BCUT2D eigenvalue weighted by atomic mass is 16.2. The molecule has 0 aromatic carbocycles. The van der Waals surface area contributed by atoms with Crippen LogP contribution in [0.5, 0.6) is 0 Å². The summed E-state index contributed by atoms with van der Waals surface area (Å²) in [4.78, 5) is 32.5. The van der Waals surface area contributed by atoms with Gasteiger partial charge in [0.25, 0.3) is 0 Å². The molecule has 7 heteroatoms. The minimum atomic E-state index is -0.696. The molecule has 1 aliphatic heterocycles. The fourth-order valence-corrected chi connectivity index (χ4v) is 1.53. The molecule has 17 heavy (non-hydrogen) atoms. The summed E-state index contributed by atoms with van der Waals surface area (Å²) in [6.45, 7) is 2.51. The molecule has 2 N–H and O–H groups in total. The molecule has 7 nitrogen and oxygen atoms in total. The van der Waals surface area contributed by atoms with Gasteiger partial charge in [0.05, 0.1) is 0 Å². The first kappa shape index (κ1) is 11.5. The zero-order valence-corrected chi connectivity index (χ0v) is 9.22. The van der Waals surface area contributed by atoms with Crippen molar-refractivity contribution in [1.82, 2.24) is 20.2 Å². The minimum absolute atomic E-state index is 0.140. The number of aromatic nitrogens is 2. The van der Waals surface area contributed by atoms with Gasteiger partial charge in [0, 0.05) is 38.6 Å². The first-order chi connectivity index (χ1) is 8.27. The van der Waals surface area contributed by atoms with E-state index < -0.39 is 11.8 Å². The molecule has 0 aliphatic carbocycles. The maximum absolute atomic E-state index is 11.7. The lowest BCUT2D eigenvalue weighted by Gasteiger charge is -2.26. The average molecular weight is 235 g/mol. The summed E-state index contributed by atoms with van der Waals surface area (Å²) in [5.41, 5.74) is 0. The number of rotatable bonds is 1. The third-order valence-electron chi connectivity index (χ3n) is 2.39. The Labute approximate surface area is 98.2 Å². The molecule has 2 rings (SSSR count). The number of carbonyl (C=O) groups excluding carboxylic acids is 2. The molecule has 1 aliphatic rings. The van der Waals surface area contributed by atoms with Crippen LogP contribution in [0.4, 0.5) is 5.95 Å². The Morgan fingerprint density at radius 3 is 2.53 bits per heavy atom. The zero-order chi connectivity index (χ0) is 12.1. The number of carbonyl (C=O) groups is 2. The van der Waals surface area contributed by atoms with Crippen molar-refractivity contribution in [2.45, 2.75) is 0 Å². The highest BCUT2D eigenvalue weighted by Crippen LogP contribution is 1.98. The molecular weight excluding hydrogens is 222 g/mol. The second kappa shape index (κ2) is 5.35. The second-order valence-corrected chi connectivity index (χ2v) is 3.57. The van der Waals surface area contributed by atoms with Crippen molar-refractivity contribution in [1.29, 1.82) is 0 Å². The van der Waals surface area contributed by atoms with Gasteiger partial charge in [-0.25, -0.2) is 9.97 Å². The topological polar surface area (TPSA) is 87.2 Å². The van der Waals surface area contributed by atoms with E-state index in [-0.39, 0.29) is 5.95 Å². The van der Waals surface area contributed by atoms with E-state index >= 15 is 0 Å². The monoisotopic (exact) mass is 235 g/mol. The molecule has 1 fully saturated rings. The van der Waals surface area contributed by atoms with Crippen molar-refractivity contribution in [3.63, 3.8) is 0 Å². The van der Waals surface area contributed by atoms with Gasteiger partial charge in [0.1, 0.15) is 0 Å². The number of hydrogen-bond acceptors (Lipinski definition) is 5. The molecule has 0 saturated carbocycles. The highest BCUT2D eigenvalue weighted by Gasteiger charge is 2.23. The van der Waals surface area contributed by atoms with Crippen LogP contribution in [0.1, 0.15) is 0 Å². The van der Waals surface area contributed by atoms with Gasteiger partial charge < -0.3 is 10.2 Å². The first-order valence-corrected chi connectivity index (χ1v) is 5.35. The van der Waals surface area contributed by atoms with Gasteiger partial charge in [-0.1, -0.05) is 0 Å². The molecule has 2 heterocycles. The summed E-state index contributed by atoms with van der Waals surface area (Å²) >= 11 is 0. The number of anilines is 1. The number of amides is 2. The molecular formula is C10H13N5O2. The number of hydrogen-bond donors (Lipinski definition) is 2. The van der Waals surface area contributed by atoms with Crippen molar-refractivity contribution in [2.75, 3.05) is 31.5 Å². The summed E-state index contributed by atoms with van der Waals surface area (Å²) < 4.78 is 0. The van der Waals surface area contributed by atoms with Crippen molar-refractivity contribution in [3.05, 3.63) is 18.5 Å². The van der Waals surface area contributed by atoms with Crippen LogP contribution in [0.2, 0.25) is 0 Å². The standard InChI is InChI=1S/C10H13N5O2/c16-8(14-10-12-2-1-3-13-10)9(17)15-6-4-11-5-7-15/h1-3,11H,4-7H2,(H,12,13,14,16). The number of nitrogens with one attached hydrogen (secondary N) is 2. The smallest absolute Gasteiger partial charge is 0.316 e. The van der Waals surface area contributed by atoms with E-state index in [0.717, 1.165) is 0 Å². The van der Waals surface area contributed by atoms with Crippen LogP contribution in [0.15, 0.2) is 18.5 Å². The Kier molecular flexibility index (Phi) is 3.61. The van der Waals surface area contributed by atoms with E-state index in [0.29, 0.717) is 26.2 Å². The van der Waals surface area contributed by atoms with Gasteiger partial charge in [-0.2, -0.15) is 0 Å². The van der Waals surface area contributed by atoms with Gasteiger partial charge in [-0.05, 0) is 6.07 Å². The molecule has 1 aromatic heterocycles. The lowest BCUT2D eigenvalue weighted by atomic mass is 10.3. The molecule has 90 valence electrons. The molecule has 1 saturated heterocycles. The van der Waals surface area contributed by atoms with Gasteiger partial charge in [-0.3, -0.25) is 14.9 Å². The minimum Gasteiger partial charge on any atom is -0.332 e. The van der Waals surface area contributed by atoms with Crippen LogP contribution >= 0.6 is 0 Å². The number of piperazine rings is 1. The lowest BCUT2D eigenvalue weighted by molar-refractivity contribution is -0.143. The van der Waals surface area contributed by atoms with E-state index in [9.17, 15) is 9.59 Å². The normalized spacial score (nSPS) is 15.4. The summed E-state index contributed by atoms with van der Waals surface area (Å²) in [5.74, 6) is -1.10. The average Bonchev–Trinajstić information content (AvgIpc) is 2.40. The van der Waals surface area contributed by atoms with E-state index in [4.69, 9.17) is 0 Å². The van der Waals surface area contributed by atoms with Crippen LogP contribution in [-0.4, -0.2) is 52.9 Å². The van der Waals surface area contributed by atoms with Gasteiger partial charge in [-0.15, -0.1) is 0 Å². The summed E-state index contributed by atoms with van der Waals surface area (Å²) in [5, 5.41) is 5.47. The second-order valence-electron chi connectivity index (χ2n) is 3.57. The van der Waals surface area contributed by atoms with Gasteiger partial charge >= 0.3 is 11.8 Å². The van der Waals surface area contributed by atoms with Crippen molar-refractivity contribution in [2.24, 2.45) is 0 Å². The Morgan fingerprint density at radius 2 is 1.88 bits per heavy atom. The fraction of sp³-hybridized carbons (Fsp3) is 0.400. The molecule has 2 amide bonds. The van der Waals surface area contributed by atoms with E-state index in [1.165, 1.54) is 17.3 Å². The van der Waals surface area contributed by atoms with Crippen molar-refractivity contribution in [3.8, 4) is 0 Å². The highest BCUT2D eigenvalue weighted by molar-refractivity contribution is 6.39. The van der Waals surface area contributed by atoms with Gasteiger partial charge in [0.15, 0.2) is 0 Å². The lowest BCUT2D eigenvalue weighted by Crippen LogP contribution is -2.50. The fourth-order valence-electron chi connectivity index (χ4n) is 1.53. The Morgan fingerprint density at radius 1 is 1.24 bits per heavy atom. The predicted octanol–water partition coefficient (Wildman–Crippen LogP) is -1.15. The van der Waals surface area contributed by atoms with Crippen LogP contribution in [0, 0.1) is 0 Å². The third kappa shape index (κ3) is 2.97. The van der Waals surface area contributed by atoms with Crippen LogP contribution in [-0.2, 0) is 9.59 Å². The summed E-state index contributed by atoms with van der Waals surface area (Å²) in [6.07, 6.45) is 3.00. The largest absolute Gasteiger partial charge is 0.332 e. The maximum Gasteiger partial charge on any atom is 0.316 e. The predicted molar refractivity (Wildman–Crippen MR) is 60.1 cm³/mol. The molecule has 0 atom stereocenters. The van der Waals surface area contributed by atoms with Crippen molar-refractivity contribution < 1.29 is 9.59 Å².